The molecule has 0 bridgehead atoms. The van der Waals surface area contributed by atoms with Crippen LogP contribution < -0.4 is 0 Å². The Bertz CT molecular complexity index is 71.7. The summed E-state index contributed by atoms with van der Waals surface area (Å²) < 4.78 is 0. The van der Waals surface area contributed by atoms with E-state index in [-0.39, 0.29) is 0 Å². The third-order valence-electron chi connectivity index (χ3n) is 1.55. The van der Waals surface area contributed by atoms with Gasteiger partial charge in [-0.1, -0.05) is 20.8 Å². The van der Waals surface area contributed by atoms with Crippen molar-refractivity contribution < 1.29 is 0 Å². The number of halogens is 1. The van der Waals surface area contributed by atoms with Crippen LogP contribution in [0.1, 0.15) is 33.6 Å². The standard InChI is InChI=1S/C8H17ClS/c1-4-8(5-2)10-7(3)6-9/h7-8H,4-6H2,1-3H3. The quantitative estimate of drug-likeness (QED) is 0.584. The minimum absolute atomic E-state index is 0.617. The Morgan fingerprint density at radius 1 is 1.30 bits per heavy atom. The number of alkyl halides is 1. The lowest BCUT2D eigenvalue weighted by Gasteiger charge is -2.15. The molecule has 0 rings (SSSR count). The summed E-state index contributed by atoms with van der Waals surface area (Å²) in [6.07, 6.45) is 2.53. The van der Waals surface area contributed by atoms with Crippen LogP contribution in [0.15, 0.2) is 0 Å². The minimum Gasteiger partial charge on any atom is -0.154 e. The van der Waals surface area contributed by atoms with Crippen LogP contribution in [0.3, 0.4) is 0 Å². The van der Waals surface area contributed by atoms with E-state index in [1.807, 2.05) is 11.8 Å². The molecule has 0 aromatic carbocycles. The molecular weight excluding hydrogens is 164 g/mol. The maximum absolute atomic E-state index is 5.69. The molecule has 0 aromatic heterocycles. The van der Waals surface area contributed by atoms with Gasteiger partial charge in [-0.25, -0.2) is 0 Å². The zero-order valence-electron chi connectivity index (χ0n) is 7.06. The molecule has 0 radical (unpaired) electrons. The van der Waals surface area contributed by atoms with Crippen LogP contribution in [-0.2, 0) is 0 Å². The van der Waals surface area contributed by atoms with Crippen LogP contribution in [0.2, 0.25) is 0 Å². The highest BCUT2D eigenvalue weighted by molar-refractivity contribution is 8.00. The monoisotopic (exact) mass is 180 g/mol. The average molecular weight is 181 g/mol. The van der Waals surface area contributed by atoms with Crippen molar-refractivity contribution in [3.05, 3.63) is 0 Å². The second-order valence-electron chi connectivity index (χ2n) is 2.54. The zero-order chi connectivity index (χ0) is 7.98. The van der Waals surface area contributed by atoms with Crippen molar-refractivity contribution in [3.63, 3.8) is 0 Å². The topological polar surface area (TPSA) is 0 Å². The Hall–Kier alpha value is 0.640. The molecule has 2 heteroatoms. The van der Waals surface area contributed by atoms with E-state index in [4.69, 9.17) is 11.6 Å². The lowest BCUT2D eigenvalue weighted by atomic mass is 10.3. The van der Waals surface area contributed by atoms with Crippen molar-refractivity contribution in [2.75, 3.05) is 5.88 Å². The molecular formula is C8H17ClS. The van der Waals surface area contributed by atoms with Gasteiger partial charge in [0.1, 0.15) is 0 Å². The molecule has 1 unspecified atom stereocenters. The predicted octanol–water partition coefficient (Wildman–Crippen LogP) is 3.54. The van der Waals surface area contributed by atoms with Gasteiger partial charge in [0.2, 0.25) is 0 Å². The van der Waals surface area contributed by atoms with Crippen molar-refractivity contribution in [3.8, 4) is 0 Å². The van der Waals surface area contributed by atoms with E-state index in [0.29, 0.717) is 5.25 Å². The zero-order valence-corrected chi connectivity index (χ0v) is 8.63. The van der Waals surface area contributed by atoms with Gasteiger partial charge in [0.25, 0.3) is 0 Å². The molecule has 0 saturated carbocycles. The predicted molar refractivity (Wildman–Crippen MR) is 52.1 cm³/mol. The summed E-state index contributed by atoms with van der Waals surface area (Å²) in [6.45, 7) is 6.67. The molecule has 62 valence electrons. The molecule has 0 spiro atoms. The molecule has 0 N–H and O–H groups in total. The van der Waals surface area contributed by atoms with Crippen molar-refractivity contribution >= 4 is 23.4 Å². The van der Waals surface area contributed by atoms with E-state index < -0.39 is 0 Å². The highest BCUT2D eigenvalue weighted by Gasteiger charge is 2.08. The maximum atomic E-state index is 5.69. The van der Waals surface area contributed by atoms with Crippen LogP contribution in [0, 0.1) is 0 Å². The van der Waals surface area contributed by atoms with Gasteiger partial charge in [0.15, 0.2) is 0 Å². The molecule has 0 fully saturated rings. The fraction of sp³-hybridized carbons (Fsp3) is 1.00. The number of hydrogen-bond donors (Lipinski definition) is 0. The van der Waals surface area contributed by atoms with E-state index in [2.05, 4.69) is 20.8 Å². The van der Waals surface area contributed by atoms with Gasteiger partial charge in [0.05, 0.1) is 0 Å². The Morgan fingerprint density at radius 2 is 1.80 bits per heavy atom. The third kappa shape index (κ3) is 4.45. The summed E-state index contributed by atoms with van der Waals surface area (Å²) in [4.78, 5) is 0. The SMILES string of the molecule is CCC(CC)SC(C)CCl. The molecule has 0 aliphatic heterocycles. The molecule has 0 nitrogen and oxygen atoms in total. The molecule has 0 aliphatic carbocycles. The Labute approximate surface area is 73.7 Å². The fourth-order valence-electron chi connectivity index (χ4n) is 0.846. The van der Waals surface area contributed by atoms with E-state index >= 15 is 0 Å². The summed E-state index contributed by atoms with van der Waals surface area (Å²) in [7, 11) is 0. The molecule has 0 amide bonds. The van der Waals surface area contributed by atoms with Crippen molar-refractivity contribution in [2.45, 2.75) is 44.1 Å². The summed E-state index contributed by atoms with van der Waals surface area (Å²) in [5.74, 6) is 0.779. The fourth-order valence-corrected chi connectivity index (χ4v) is 2.18. The average Bonchev–Trinajstić information content (AvgIpc) is 1.99. The summed E-state index contributed by atoms with van der Waals surface area (Å²) >= 11 is 7.70. The second kappa shape index (κ2) is 6.36. The number of rotatable bonds is 5. The van der Waals surface area contributed by atoms with Crippen LogP contribution in [0.25, 0.3) is 0 Å². The summed E-state index contributed by atoms with van der Waals surface area (Å²) in [5.41, 5.74) is 0. The molecule has 0 aromatic rings. The number of thioether (sulfide) groups is 1. The van der Waals surface area contributed by atoms with Crippen LogP contribution >= 0.6 is 23.4 Å². The smallest absolute Gasteiger partial charge is 0.0340 e. The minimum atomic E-state index is 0.617. The van der Waals surface area contributed by atoms with E-state index in [1.165, 1.54) is 12.8 Å². The first kappa shape index (κ1) is 10.6. The third-order valence-corrected chi connectivity index (χ3v) is 3.88. The summed E-state index contributed by atoms with van der Waals surface area (Å²) in [5, 5.41) is 1.43. The highest BCUT2D eigenvalue weighted by atomic mass is 35.5. The van der Waals surface area contributed by atoms with Gasteiger partial charge < -0.3 is 0 Å². The lowest BCUT2D eigenvalue weighted by molar-refractivity contribution is 0.788. The van der Waals surface area contributed by atoms with Gasteiger partial charge in [-0.05, 0) is 12.8 Å². The summed E-state index contributed by atoms with van der Waals surface area (Å²) in [6, 6.07) is 0. The van der Waals surface area contributed by atoms with Gasteiger partial charge in [-0.2, -0.15) is 11.8 Å². The van der Waals surface area contributed by atoms with Gasteiger partial charge >= 0.3 is 0 Å². The Balaban J connectivity index is 3.41. The number of hydrogen-bond acceptors (Lipinski definition) is 1. The highest BCUT2D eigenvalue weighted by Crippen LogP contribution is 2.23. The lowest BCUT2D eigenvalue weighted by Crippen LogP contribution is -2.07. The van der Waals surface area contributed by atoms with Crippen LogP contribution in [-0.4, -0.2) is 16.4 Å². The molecule has 10 heavy (non-hydrogen) atoms. The van der Waals surface area contributed by atoms with Gasteiger partial charge in [0, 0.05) is 16.4 Å². The van der Waals surface area contributed by atoms with Crippen LogP contribution in [0.4, 0.5) is 0 Å². The van der Waals surface area contributed by atoms with E-state index in [1.54, 1.807) is 0 Å². The Kier molecular flexibility index (Phi) is 6.76. The molecule has 0 heterocycles. The van der Waals surface area contributed by atoms with E-state index in [0.717, 1.165) is 11.1 Å². The second-order valence-corrected chi connectivity index (χ2v) is 4.59. The van der Waals surface area contributed by atoms with Gasteiger partial charge in [-0.3, -0.25) is 0 Å². The van der Waals surface area contributed by atoms with Gasteiger partial charge in [-0.15, -0.1) is 11.6 Å². The van der Waals surface area contributed by atoms with Crippen molar-refractivity contribution in [1.82, 2.24) is 0 Å². The molecule has 1 atom stereocenters. The molecule has 0 aliphatic rings. The van der Waals surface area contributed by atoms with Crippen molar-refractivity contribution in [2.24, 2.45) is 0 Å². The van der Waals surface area contributed by atoms with E-state index in [9.17, 15) is 0 Å². The normalized spacial score (nSPS) is 14.1. The first-order chi connectivity index (χ1) is 4.74. The van der Waals surface area contributed by atoms with Crippen LogP contribution in [0.5, 0.6) is 0 Å². The largest absolute Gasteiger partial charge is 0.154 e. The maximum Gasteiger partial charge on any atom is 0.0340 e. The van der Waals surface area contributed by atoms with Crippen molar-refractivity contribution in [1.29, 1.82) is 0 Å². The molecule has 0 saturated heterocycles. The Morgan fingerprint density at radius 3 is 2.10 bits per heavy atom. The first-order valence-corrected chi connectivity index (χ1v) is 5.43. The first-order valence-electron chi connectivity index (χ1n) is 3.95.